The summed E-state index contributed by atoms with van der Waals surface area (Å²) in [5, 5.41) is 16.2. The Hall–Kier alpha value is -2.86. The van der Waals surface area contributed by atoms with Crippen LogP contribution in [0.1, 0.15) is 17.0 Å². The molecule has 0 saturated heterocycles. The molecule has 0 aliphatic rings. The molecule has 0 fully saturated rings. The fourth-order valence-electron chi connectivity index (χ4n) is 2.40. The van der Waals surface area contributed by atoms with Crippen LogP contribution >= 0.6 is 0 Å². The van der Waals surface area contributed by atoms with Crippen LogP contribution in [-0.2, 0) is 6.42 Å². The third-order valence-electron chi connectivity index (χ3n) is 3.58. The van der Waals surface area contributed by atoms with Crippen molar-refractivity contribution in [3.8, 4) is 17.2 Å². The number of nitrogens with zero attached hydrogens (tertiary/aromatic N) is 2. The van der Waals surface area contributed by atoms with Crippen molar-refractivity contribution in [2.75, 3.05) is 0 Å². The van der Waals surface area contributed by atoms with Crippen LogP contribution < -0.4 is 0 Å². The highest BCUT2D eigenvalue weighted by molar-refractivity contribution is 5.62. The van der Waals surface area contributed by atoms with E-state index in [0.717, 1.165) is 23.1 Å². The molecule has 1 heterocycles. The van der Waals surface area contributed by atoms with E-state index in [0.29, 0.717) is 0 Å². The van der Waals surface area contributed by atoms with Crippen molar-refractivity contribution < 1.29 is 0 Å². The number of hydrogen-bond donors (Lipinski definition) is 1. The van der Waals surface area contributed by atoms with Gasteiger partial charge in [0.2, 0.25) is 0 Å². The molecule has 3 aromatic rings. The van der Waals surface area contributed by atoms with Crippen molar-refractivity contribution in [3.05, 3.63) is 78.1 Å². The van der Waals surface area contributed by atoms with Crippen LogP contribution in [0.3, 0.4) is 0 Å². The monoisotopic (exact) mass is 273 g/mol. The molecule has 21 heavy (non-hydrogen) atoms. The zero-order valence-electron chi connectivity index (χ0n) is 11.5. The van der Waals surface area contributed by atoms with Crippen LogP contribution in [0.2, 0.25) is 0 Å². The molecule has 2 aromatic carbocycles. The lowest BCUT2D eigenvalue weighted by molar-refractivity contribution is 0.849. The molecule has 3 rings (SSSR count). The van der Waals surface area contributed by atoms with E-state index >= 15 is 0 Å². The number of benzene rings is 2. The Balaban J connectivity index is 1.80. The molecule has 0 aliphatic heterocycles. The van der Waals surface area contributed by atoms with Gasteiger partial charge in [-0.15, -0.1) is 0 Å². The van der Waals surface area contributed by atoms with Gasteiger partial charge in [0.1, 0.15) is 0 Å². The van der Waals surface area contributed by atoms with E-state index in [-0.39, 0.29) is 5.92 Å². The van der Waals surface area contributed by atoms with Crippen molar-refractivity contribution in [1.29, 1.82) is 5.26 Å². The molecule has 1 unspecified atom stereocenters. The molecule has 1 atom stereocenters. The quantitative estimate of drug-likeness (QED) is 0.783. The molecule has 0 aliphatic carbocycles. The SMILES string of the molecule is N#CC(Cc1ccccc1)c1ccc(-c2cn[nH]c2)cc1. The first kappa shape index (κ1) is 13.1. The Labute approximate surface area is 123 Å². The normalized spacial score (nSPS) is 11.8. The second-order valence-corrected chi connectivity index (χ2v) is 4.98. The first-order valence-corrected chi connectivity index (χ1v) is 6.89. The lowest BCUT2D eigenvalue weighted by atomic mass is 9.92. The Kier molecular flexibility index (Phi) is 3.79. The number of aromatic nitrogens is 2. The standard InChI is InChI=1S/C18H15N3/c19-11-17(10-14-4-2-1-3-5-14)15-6-8-16(9-7-15)18-12-20-21-13-18/h1-9,12-13,17H,10H2,(H,20,21). The lowest BCUT2D eigenvalue weighted by Crippen LogP contribution is -2.00. The van der Waals surface area contributed by atoms with Gasteiger partial charge >= 0.3 is 0 Å². The van der Waals surface area contributed by atoms with Gasteiger partial charge in [-0.25, -0.2) is 0 Å². The Morgan fingerprint density at radius 3 is 2.38 bits per heavy atom. The van der Waals surface area contributed by atoms with Crippen molar-refractivity contribution in [1.82, 2.24) is 10.2 Å². The second-order valence-electron chi connectivity index (χ2n) is 4.98. The minimum atomic E-state index is -0.120. The smallest absolute Gasteiger partial charge is 0.0753 e. The third kappa shape index (κ3) is 3.01. The van der Waals surface area contributed by atoms with Gasteiger partial charge in [-0.2, -0.15) is 10.4 Å². The number of aromatic amines is 1. The molecule has 0 bridgehead atoms. The zero-order valence-corrected chi connectivity index (χ0v) is 11.5. The van der Waals surface area contributed by atoms with E-state index < -0.39 is 0 Å². The minimum Gasteiger partial charge on any atom is -0.285 e. The molecule has 0 radical (unpaired) electrons. The molecule has 3 nitrogen and oxygen atoms in total. The molecule has 1 N–H and O–H groups in total. The summed E-state index contributed by atoms with van der Waals surface area (Å²) < 4.78 is 0. The molecule has 1 aromatic heterocycles. The van der Waals surface area contributed by atoms with Gasteiger partial charge in [0.25, 0.3) is 0 Å². The van der Waals surface area contributed by atoms with Gasteiger partial charge in [0.15, 0.2) is 0 Å². The minimum absolute atomic E-state index is 0.120. The van der Waals surface area contributed by atoms with E-state index in [1.807, 2.05) is 48.7 Å². The summed E-state index contributed by atoms with van der Waals surface area (Å²) in [6.07, 6.45) is 4.39. The molecular formula is C18H15N3. The van der Waals surface area contributed by atoms with Gasteiger partial charge in [0, 0.05) is 11.8 Å². The second kappa shape index (κ2) is 6.06. The van der Waals surface area contributed by atoms with Gasteiger partial charge < -0.3 is 0 Å². The molecule has 0 saturated carbocycles. The highest BCUT2D eigenvalue weighted by atomic mass is 15.1. The maximum atomic E-state index is 9.43. The zero-order chi connectivity index (χ0) is 14.5. The molecule has 0 amide bonds. The Bertz CT molecular complexity index is 722. The number of rotatable bonds is 4. The predicted octanol–water partition coefficient (Wildman–Crippen LogP) is 3.93. The number of hydrogen-bond acceptors (Lipinski definition) is 2. The van der Waals surface area contributed by atoms with E-state index in [4.69, 9.17) is 0 Å². The van der Waals surface area contributed by atoms with Gasteiger partial charge in [-0.05, 0) is 23.1 Å². The van der Waals surface area contributed by atoms with E-state index in [2.05, 4.69) is 28.4 Å². The highest BCUT2D eigenvalue weighted by Crippen LogP contribution is 2.24. The summed E-state index contributed by atoms with van der Waals surface area (Å²) in [4.78, 5) is 0. The van der Waals surface area contributed by atoms with Crippen LogP contribution in [-0.4, -0.2) is 10.2 Å². The first-order chi connectivity index (χ1) is 10.4. The van der Waals surface area contributed by atoms with Crippen molar-refractivity contribution >= 4 is 0 Å². The van der Waals surface area contributed by atoms with Gasteiger partial charge in [0.05, 0.1) is 18.2 Å². The highest BCUT2D eigenvalue weighted by Gasteiger charge is 2.11. The van der Waals surface area contributed by atoms with Crippen LogP contribution in [0, 0.1) is 11.3 Å². The van der Waals surface area contributed by atoms with Crippen LogP contribution in [0.5, 0.6) is 0 Å². The largest absolute Gasteiger partial charge is 0.285 e. The van der Waals surface area contributed by atoms with E-state index in [1.54, 1.807) is 6.20 Å². The molecular weight excluding hydrogens is 258 g/mol. The number of nitriles is 1. The summed E-state index contributed by atoms with van der Waals surface area (Å²) in [7, 11) is 0. The number of H-pyrrole nitrogens is 1. The van der Waals surface area contributed by atoms with Crippen molar-refractivity contribution in [3.63, 3.8) is 0 Å². The van der Waals surface area contributed by atoms with Crippen LogP contribution in [0.25, 0.3) is 11.1 Å². The van der Waals surface area contributed by atoms with E-state index in [1.165, 1.54) is 5.56 Å². The Morgan fingerprint density at radius 2 is 1.76 bits per heavy atom. The molecule has 3 heteroatoms. The van der Waals surface area contributed by atoms with Gasteiger partial charge in [-0.3, -0.25) is 5.10 Å². The summed E-state index contributed by atoms with van der Waals surface area (Å²) in [6, 6.07) is 20.7. The molecule has 102 valence electrons. The first-order valence-electron chi connectivity index (χ1n) is 6.89. The van der Waals surface area contributed by atoms with Crippen molar-refractivity contribution in [2.45, 2.75) is 12.3 Å². The summed E-state index contributed by atoms with van der Waals surface area (Å²) in [5.74, 6) is -0.120. The summed E-state index contributed by atoms with van der Waals surface area (Å²) >= 11 is 0. The number of nitrogens with one attached hydrogen (secondary N) is 1. The maximum absolute atomic E-state index is 9.43. The molecule has 0 spiro atoms. The lowest BCUT2D eigenvalue weighted by Gasteiger charge is -2.10. The average molecular weight is 273 g/mol. The summed E-state index contributed by atoms with van der Waals surface area (Å²) in [5.41, 5.74) is 4.39. The predicted molar refractivity (Wildman–Crippen MR) is 82.5 cm³/mol. The Morgan fingerprint density at radius 1 is 1.00 bits per heavy atom. The average Bonchev–Trinajstić information content (AvgIpc) is 3.08. The topological polar surface area (TPSA) is 52.5 Å². The van der Waals surface area contributed by atoms with Crippen LogP contribution in [0.4, 0.5) is 0 Å². The van der Waals surface area contributed by atoms with Gasteiger partial charge in [-0.1, -0.05) is 54.6 Å². The fourth-order valence-corrected chi connectivity index (χ4v) is 2.40. The van der Waals surface area contributed by atoms with E-state index in [9.17, 15) is 5.26 Å². The third-order valence-corrected chi connectivity index (χ3v) is 3.58. The maximum Gasteiger partial charge on any atom is 0.0753 e. The summed E-state index contributed by atoms with van der Waals surface area (Å²) in [6.45, 7) is 0. The van der Waals surface area contributed by atoms with Crippen LogP contribution in [0.15, 0.2) is 67.0 Å². The van der Waals surface area contributed by atoms with Crippen molar-refractivity contribution in [2.24, 2.45) is 0 Å². The fraction of sp³-hybridized carbons (Fsp3) is 0.111.